The maximum Gasteiger partial charge on any atom is 0.328 e. The number of esters is 1. The fourth-order valence-corrected chi connectivity index (χ4v) is 4.41. The van der Waals surface area contributed by atoms with E-state index in [4.69, 9.17) is 14.7 Å². The summed E-state index contributed by atoms with van der Waals surface area (Å²) >= 11 is 0. The number of amides is 2. The molecule has 1 aromatic rings. The summed E-state index contributed by atoms with van der Waals surface area (Å²) in [6.07, 6.45) is 2.74. The molecule has 1 saturated carbocycles. The lowest BCUT2D eigenvalue weighted by atomic mass is 10.1. The highest BCUT2D eigenvalue weighted by Gasteiger charge is 2.55. The van der Waals surface area contributed by atoms with Gasteiger partial charge in [-0.25, -0.2) is 4.79 Å². The van der Waals surface area contributed by atoms with Crippen molar-refractivity contribution in [2.24, 2.45) is 0 Å². The van der Waals surface area contributed by atoms with Gasteiger partial charge in [-0.15, -0.1) is 0 Å². The lowest BCUT2D eigenvalue weighted by Gasteiger charge is -2.39. The average Bonchev–Trinajstić information content (AvgIpc) is 3.40. The van der Waals surface area contributed by atoms with Gasteiger partial charge in [-0.1, -0.05) is 6.07 Å². The molecule has 0 unspecified atom stereocenters. The van der Waals surface area contributed by atoms with Crippen LogP contribution in [0.3, 0.4) is 0 Å². The molecule has 9 heteroatoms. The van der Waals surface area contributed by atoms with Crippen molar-refractivity contribution in [3.63, 3.8) is 0 Å². The molecule has 2 atom stereocenters. The summed E-state index contributed by atoms with van der Waals surface area (Å²) in [5.74, 6) is -0.403. The van der Waals surface area contributed by atoms with Gasteiger partial charge in [0.15, 0.2) is 0 Å². The first-order valence-corrected chi connectivity index (χ1v) is 10.6. The molecule has 0 radical (unpaired) electrons. The van der Waals surface area contributed by atoms with Crippen LogP contribution in [-0.4, -0.2) is 78.6 Å². The number of carbonyl (C=O) groups excluding carboxylic acids is 3. The van der Waals surface area contributed by atoms with Crippen LogP contribution in [-0.2, 0) is 19.1 Å². The maximum atomic E-state index is 13.6. The van der Waals surface area contributed by atoms with Crippen molar-refractivity contribution in [1.29, 1.82) is 5.26 Å². The Morgan fingerprint density at radius 2 is 2.16 bits per heavy atom. The normalized spacial score (nSPS) is 22.7. The molecule has 9 nitrogen and oxygen atoms in total. The van der Waals surface area contributed by atoms with E-state index in [2.05, 4.69) is 11.4 Å². The molecule has 2 heterocycles. The monoisotopic (exact) mass is 426 g/mol. The largest absolute Gasteiger partial charge is 0.491 e. The first-order chi connectivity index (χ1) is 15.0. The SMILES string of the molecule is COC(=O)[C@@H]1CCCN1C(=O)[C@H](COc1cccc(C#N)c1)N1CCNC2(CC2)C1=O. The molecular formula is C22H26N4O5. The van der Waals surface area contributed by atoms with Crippen molar-refractivity contribution in [2.75, 3.05) is 33.4 Å². The number of piperazine rings is 1. The van der Waals surface area contributed by atoms with Gasteiger partial charge in [0.1, 0.15) is 24.4 Å². The summed E-state index contributed by atoms with van der Waals surface area (Å²) in [5, 5.41) is 12.4. The fraction of sp³-hybridized carbons (Fsp3) is 0.545. The van der Waals surface area contributed by atoms with Crippen molar-refractivity contribution < 1.29 is 23.9 Å². The van der Waals surface area contributed by atoms with E-state index in [1.54, 1.807) is 29.2 Å². The summed E-state index contributed by atoms with van der Waals surface area (Å²) in [7, 11) is 1.31. The fourth-order valence-electron chi connectivity index (χ4n) is 4.41. The number of nitriles is 1. The molecular weight excluding hydrogens is 400 g/mol. The highest BCUT2D eigenvalue weighted by Crippen LogP contribution is 2.39. The minimum Gasteiger partial charge on any atom is -0.491 e. The predicted octanol–water partition coefficient (Wildman–Crippen LogP) is 0.434. The minimum absolute atomic E-state index is 0.0556. The van der Waals surface area contributed by atoms with Gasteiger partial charge in [0.05, 0.1) is 24.3 Å². The number of methoxy groups -OCH3 is 1. The van der Waals surface area contributed by atoms with Crippen LogP contribution in [0.25, 0.3) is 0 Å². The zero-order valence-corrected chi connectivity index (χ0v) is 17.5. The molecule has 4 rings (SSSR count). The van der Waals surface area contributed by atoms with E-state index >= 15 is 0 Å². The third-order valence-corrected chi connectivity index (χ3v) is 6.28. The Morgan fingerprint density at radius 3 is 2.87 bits per heavy atom. The van der Waals surface area contributed by atoms with E-state index in [1.165, 1.54) is 12.0 Å². The zero-order chi connectivity index (χ0) is 22.0. The van der Waals surface area contributed by atoms with E-state index in [-0.39, 0.29) is 18.4 Å². The van der Waals surface area contributed by atoms with Crippen LogP contribution in [0.2, 0.25) is 0 Å². The topological polar surface area (TPSA) is 112 Å². The molecule has 31 heavy (non-hydrogen) atoms. The van der Waals surface area contributed by atoms with Gasteiger partial charge in [0, 0.05) is 19.6 Å². The van der Waals surface area contributed by atoms with Gasteiger partial charge in [0.2, 0.25) is 11.8 Å². The van der Waals surface area contributed by atoms with E-state index in [0.29, 0.717) is 43.8 Å². The molecule has 1 spiro atoms. The van der Waals surface area contributed by atoms with Crippen LogP contribution in [0.1, 0.15) is 31.2 Å². The third-order valence-electron chi connectivity index (χ3n) is 6.28. The quantitative estimate of drug-likeness (QED) is 0.657. The third kappa shape index (κ3) is 4.08. The molecule has 164 valence electrons. The second kappa shape index (κ2) is 8.55. The van der Waals surface area contributed by atoms with Crippen LogP contribution in [0.15, 0.2) is 24.3 Å². The van der Waals surface area contributed by atoms with Crippen LogP contribution < -0.4 is 10.1 Å². The van der Waals surface area contributed by atoms with Gasteiger partial charge in [-0.05, 0) is 43.9 Å². The average molecular weight is 426 g/mol. The summed E-state index contributed by atoms with van der Waals surface area (Å²) in [4.78, 5) is 42.0. The number of hydrogen-bond donors (Lipinski definition) is 1. The van der Waals surface area contributed by atoms with Crippen molar-refractivity contribution in [1.82, 2.24) is 15.1 Å². The summed E-state index contributed by atoms with van der Waals surface area (Å²) in [6.45, 7) is 1.36. The molecule has 1 aliphatic carbocycles. The minimum atomic E-state index is -0.858. The number of rotatable bonds is 6. The summed E-state index contributed by atoms with van der Waals surface area (Å²) in [5.41, 5.74) is -0.120. The van der Waals surface area contributed by atoms with Crippen molar-refractivity contribution >= 4 is 17.8 Å². The zero-order valence-electron chi connectivity index (χ0n) is 17.5. The molecule has 1 N–H and O–H groups in total. The molecule has 0 aromatic heterocycles. The standard InChI is InChI=1S/C22H26N4O5/c1-30-20(28)17-6-3-10-25(17)19(27)18(14-31-16-5-2-4-15(12-16)13-23)26-11-9-24-22(7-8-22)21(26)29/h2,4-5,12,17-18,24H,3,6-11,14H2,1H3/t17-,18-/m0/s1. The van der Waals surface area contributed by atoms with Crippen LogP contribution in [0.5, 0.6) is 5.75 Å². The van der Waals surface area contributed by atoms with Crippen LogP contribution >= 0.6 is 0 Å². The van der Waals surface area contributed by atoms with Crippen molar-refractivity contribution in [3.05, 3.63) is 29.8 Å². The van der Waals surface area contributed by atoms with Crippen molar-refractivity contribution in [3.8, 4) is 11.8 Å². The van der Waals surface area contributed by atoms with Crippen LogP contribution in [0, 0.1) is 11.3 Å². The van der Waals surface area contributed by atoms with Crippen LogP contribution in [0.4, 0.5) is 0 Å². The van der Waals surface area contributed by atoms with E-state index in [0.717, 1.165) is 12.8 Å². The molecule has 2 aliphatic heterocycles. The maximum absolute atomic E-state index is 13.6. The Hall–Kier alpha value is -3.12. The molecule has 1 aromatic carbocycles. The van der Waals surface area contributed by atoms with Crippen molar-refractivity contribution in [2.45, 2.75) is 43.3 Å². The number of ether oxygens (including phenoxy) is 2. The lowest BCUT2D eigenvalue weighted by Crippen LogP contribution is -2.64. The summed E-state index contributed by atoms with van der Waals surface area (Å²) < 4.78 is 10.7. The van der Waals surface area contributed by atoms with E-state index in [1.807, 2.05) is 0 Å². The number of likely N-dealkylation sites (tertiary alicyclic amines) is 1. The van der Waals surface area contributed by atoms with Gasteiger partial charge >= 0.3 is 5.97 Å². The smallest absolute Gasteiger partial charge is 0.328 e. The predicted molar refractivity (Wildman–Crippen MR) is 109 cm³/mol. The number of hydrogen-bond acceptors (Lipinski definition) is 7. The Labute approximate surface area is 180 Å². The van der Waals surface area contributed by atoms with E-state index < -0.39 is 23.6 Å². The number of nitrogens with one attached hydrogen (secondary N) is 1. The van der Waals surface area contributed by atoms with Gasteiger partial charge < -0.3 is 24.6 Å². The number of nitrogens with zero attached hydrogens (tertiary/aromatic N) is 3. The Balaban J connectivity index is 1.57. The van der Waals surface area contributed by atoms with Gasteiger partial charge in [-0.2, -0.15) is 5.26 Å². The molecule has 2 amide bonds. The highest BCUT2D eigenvalue weighted by atomic mass is 16.5. The summed E-state index contributed by atoms with van der Waals surface area (Å²) in [6, 6.07) is 7.22. The van der Waals surface area contributed by atoms with E-state index in [9.17, 15) is 14.4 Å². The number of benzene rings is 1. The molecule has 2 saturated heterocycles. The molecule has 0 bridgehead atoms. The molecule has 3 fully saturated rings. The first kappa shape index (κ1) is 21.1. The Kier molecular flexibility index (Phi) is 5.83. The number of carbonyl (C=O) groups is 3. The first-order valence-electron chi connectivity index (χ1n) is 10.6. The second-order valence-corrected chi connectivity index (χ2v) is 8.19. The Morgan fingerprint density at radius 1 is 1.35 bits per heavy atom. The lowest BCUT2D eigenvalue weighted by molar-refractivity contribution is -0.156. The second-order valence-electron chi connectivity index (χ2n) is 8.19. The molecule has 3 aliphatic rings. The van der Waals surface area contributed by atoms with Gasteiger partial charge in [0.25, 0.3) is 0 Å². The highest BCUT2D eigenvalue weighted by molar-refractivity contribution is 5.96. The Bertz CT molecular complexity index is 923. The van der Waals surface area contributed by atoms with Gasteiger partial charge in [-0.3, -0.25) is 9.59 Å².